The van der Waals surface area contributed by atoms with E-state index in [0.717, 1.165) is 24.3 Å². The fourth-order valence-corrected chi connectivity index (χ4v) is 2.42. The SMILES string of the molecule is [CH2]c1ccc(OCCCN2CCCCCC2)cc1. The largest absolute Gasteiger partial charge is 0.494 e. The maximum Gasteiger partial charge on any atom is 0.119 e. The molecular weight excluding hydrogens is 222 g/mol. The summed E-state index contributed by atoms with van der Waals surface area (Å²) in [5.41, 5.74) is 1.03. The second-order valence-electron chi connectivity index (χ2n) is 5.10. The smallest absolute Gasteiger partial charge is 0.119 e. The maximum absolute atomic E-state index is 5.73. The van der Waals surface area contributed by atoms with Gasteiger partial charge in [0.1, 0.15) is 5.75 Å². The fraction of sp³-hybridized carbons (Fsp3) is 0.562. The van der Waals surface area contributed by atoms with Crippen molar-refractivity contribution in [3.63, 3.8) is 0 Å². The molecule has 0 amide bonds. The van der Waals surface area contributed by atoms with Crippen molar-refractivity contribution in [3.8, 4) is 5.75 Å². The summed E-state index contributed by atoms with van der Waals surface area (Å²) in [6.45, 7) is 8.40. The molecule has 1 saturated heterocycles. The van der Waals surface area contributed by atoms with Gasteiger partial charge in [0.05, 0.1) is 6.61 Å². The van der Waals surface area contributed by atoms with Crippen LogP contribution in [0.3, 0.4) is 0 Å². The van der Waals surface area contributed by atoms with Gasteiger partial charge < -0.3 is 9.64 Å². The standard InChI is InChI=1S/C16H24NO/c1-15-7-9-16(10-8-15)18-14-6-13-17-11-4-2-3-5-12-17/h7-10H,1-6,11-14H2. The van der Waals surface area contributed by atoms with E-state index in [9.17, 15) is 0 Å². The molecule has 0 spiro atoms. The van der Waals surface area contributed by atoms with Gasteiger partial charge in [-0.25, -0.2) is 0 Å². The quantitative estimate of drug-likeness (QED) is 0.737. The van der Waals surface area contributed by atoms with Gasteiger partial charge in [-0.15, -0.1) is 0 Å². The molecule has 1 aromatic rings. The summed E-state index contributed by atoms with van der Waals surface area (Å²) in [5, 5.41) is 0. The molecule has 1 aromatic carbocycles. The Morgan fingerprint density at radius 2 is 1.67 bits per heavy atom. The molecule has 0 saturated carbocycles. The van der Waals surface area contributed by atoms with Crippen LogP contribution in [0.4, 0.5) is 0 Å². The fourth-order valence-electron chi connectivity index (χ4n) is 2.42. The van der Waals surface area contributed by atoms with Crippen molar-refractivity contribution < 1.29 is 4.74 Å². The highest BCUT2D eigenvalue weighted by Gasteiger charge is 2.07. The van der Waals surface area contributed by atoms with Crippen LogP contribution in [-0.2, 0) is 0 Å². The summed E-state index contributed by atoms with van der Waals surface area (Å²) < 4.78 is 5.73. The second-order valence-corrected chi connectivity index (χ2v) is 5.10. The first-order chi connectivity index (χ1) is 8.84. The highest BCUT2D eigenvalue weighted by atomic mass is 16.5. The molecule has 18 heavy (non-hydrogen) atoms. The van der Waals surface area contributed by atoms with Crippen LogP contribution in [0, 0.1) is 6.92 Å². The van der Waals surface area contributed by atoms with E-state index in [-0.39, 0.29) is 0 Å². The summed E-state index contributed by atoms with van der Waals surface area (Å²) in [4.78, 5) is 2.58. The lowest BCUT2D eigenvalue weighted by Crippen LogP contribution is -2.26. The molecule has 1 heterocycles. The summed E-state index contributed by atoms with van der Waals surface area (Å²) >= 11 is 0. The summed E-state index contributed by atoms with van der Waals surface area (Å²) in [7, 11) is 0. The number of hydrogen-bond acceptors (Lipinski definition) is 2. The highest BCUT2D eigenvalue weighted by Crippen LogP contribution is 2.12. The molecule has 0 bridgehead atoms. The number of benzene rings is 1. The Morgan fingerprint density at radius 3 is 2.33 bits per heavy atom. The van der Waals surface area contributed by atoms with Gasteiger partial charge in [0.25, 0.3) is 0 Å². The first-order valence-corrected chi connectivity index (χ1v) is 7.12. The molecule has 2 heteroatoms. The molecule has 99 valence electrons. The molecule has 0 aromatic heterocycles. The van der Waals surface area contributed by atoms with E-state index in [0.29, 0.717) is 0 Å². The van der Waals surface area contributed by atoms with Crippen LogP contribution in [0.2, 0.25) is 0 Å². The molecule has 0 atom stereocenters. The Kier molecular flexibility index (Phi) is 5.53. The first-order valence-electron chi connectivity index (χ1n) is 7.12. The van der Waals surface area contributed by atoms with Crippen LogP contribution >= 0.6 is 0 Å². The van der Waals surface area contributed by atoms with Gasteiger partial charge in [-0.05, 0) is 57.0 Å². The predicted octanol–water partition coefficient (Wildman–Crippen LogP) is 3.51. The van der Waals surface area contributed by atoms with Crippen molar-refractivity contribution in [2.75, 3.05) is 26.2 Å². The molecule has 2 rings (SSSR count). The minimum Gasteiger partial charge on any atom is -0.494 e. The number of nitrogens with zero attached hydrogens (tertiary/aromatic N) is 1. The number of ether oxygens (including phenoxy) is 1. The molecule has 1 aliphatic heterocycles. The maximum atomic E-state index is 5.73. The molecule has 0 aliphatic carbocycles. The monoisotopic (exact) mass is 246 g/mol. The number of hydrogen-bond donors (Lipinski definition) is 0. The van der Waals surface area contributed by atoms with Crippen LogP contribution in [0.1, 0.15) is 37.7 Å². The molecular formula is C16H24NO. The van der Waals surface area contributed by atoms with Crippen LogP contribution in [-0.4, -0.2) is 31.1 Å². The van der Waals surface area contributed by atoms with E-state index in [1.807, 2.05) is 24.3 Å². The zero-order chi connectivity index (χ0) is 12.6. The van der Waals surface area contributed by atoms with Crippen molar-refractivity contribution in [1.29, 1.82) is 0 Å². The van der Waals surface area contributed by atoms with E-state index in [2.05, 4.69) is 11.8 Å². The zero-order valence-electron chi connectivity index (χ0n) is 11.2. The minimum atomic E-state index is 0.812. The Balaban J connectivity index is 1.61. The van der Waals surface area contributed by atoms with Crippen molar-refractivity contribution in [1.82, 2.24) is 4.90 Å². The summed E-state index contributed by atoms with van der Waals surface area (Å²) in [6.07, 6.45) is 6.67. The minimum absolute atomic E-state index is 0.812. The lowest BCUT2D eigenvalue weighted by atomic mass is 10.2. The molecule has 0 unspecified atom stereocenters. The summed E-state index contributed by atoms with van der Waals surface area (Å²) in [5.74, 6) is 0.957. The van der Waals surface area contributed by atoms with Gasteiger partial charge in [0, 0.05) is 6.54 Å². The van der Waals surface area contributed by atoms with E-state index in [1.165, 1.54) is 45.3 Å². The van der Waals surface area contributed by atoms with Crippen LogP contribution in [0.25, 0.3) is 0 Å². The predicted molar refractivity (Wildman–Crippen MR) is 75.9 cm³/mol. The van der Waals surface area contributed by atoms with Crippen molar-refractivity contribution >= 4 is 0 Å². The molecule has 0 N–H and O–H groups in total. The van der Waals surface area contributed by atoms with Crippen molar-refractivity contribution in [2.45, 2.75) is 32.1 Å². The lowest BCUT2D eigenvalue weighted by Gasteiger charge is -2.19. The van der Waals surface area contributed by atoms with Gasteiger partial charge in [0.15, 0.2) is 0 Å². The normalized spacial score (nSPS) is 17.4. The third kappa shape index (κ3) is 4.69. The van der Waals surface area contributed by atoms with Crippen LogP contribution in [0.5, 0.6) is 5.75 Å². The molecule has 1 aliphatic rings. The number of rotatable bonds is 5. The van der Waals surface area contributed by atoms with Gasteiger partial charge in [-0.2, -0.15) is 0 Å². The number of likely N-dealkylation sites (tertiary alicyclic amines) is 1. The topological polar surface area (TPSA) is 12.5 Å². The van der Waals surface area contributed by atoms with E-state index in [4.69, 9.17) is 4.74 Å². The van der Waals surface area contributed by atoms with Crippen LogP contribution < -0.4 is 4.74 Å². The molecule has 1 fully saturated rings. The third-order valence-electron chi connectivity index (χ3n) is 3.51. The molecule has 1 radical (unpaired) electrons. The first kappa shape index (κ1) is 13.4. The van der Waals surface area contributed by atoms with Gasteiger partial charge in [-0.1, -0.05) is 25.0 Å². The van der Waals surface area contributed by atoms with E-state index < -0.39 is 0 Å². The lowest BCUT2D eigenvalue weighted by molar-refractivity contribution is 0.240. The van der Waals surface area contributed by atoms with E-state index >= 15 is 0 Å². The third-order valence-corrected chi connectivity index (χ3v) is 3.51. The van der Waals surface area contributed by atoms with Crippen molar-refractivity contribution in [2.24, 2.45) is 0 Å². The Hall–Kier alpha value is -1.02. The average Bonchev–Trinajstić information content (AvgIpc) is 2.65. The van der Waals surface area contributed by atoms with Crippen molar-refractivity contribution in [3.05, 3.63) is 36.8 Å². The van der Waals surface area contributed by atoms with Gasteiger partial charge >= 0.3 is 0 Å². The average molecular weight is 246 g/mol. The van der Waals surface area contributed by atoms with Crippen LogP contribution in [0.15, 0.2) is 24.3 Å². The van der Waals surface area contributed by atoms with Gasteiger partial charge in [0.2, 0.25) is 0 Å². The highest BCUT2D eigenvalue weighted by molar-refractivity contribution is 5.28. The van der Waals surface area contributed by atoms with E-state index in [1.54, 1.807) is 0 Å². The summed E-state index contributed by atoms with van der Waals surface area (Å²) in [6, 6.07) is 7.97. The Labute approximate surface area is 111 Å². The zero-order valence-corrected chi connectivity index (χ0v) is 11.2. The van der Waals surface area contributed by atoms with Gasteiger partial charge in [-0.3, -0.25) is 0 Å². The molecule has 2 nitrogen and oxygen atoms in total. The second kappa shape index (κ2) is 7.42. The Morgan fingerprint density at radius 1 is 1.00 bits per heavy atom. The Bertz CT molecular complexity index is 325.